The van der Waals surface area contributed by atoms with E-state index in [-0.39, 0.29) is 5.54 Å². The van der Waals surface area contributed by atoms with Crippen molar-refractivity contribution in [1.82, 2.24) is 9.80 Å². The van der Waals surface area contributed by atoms with Gasteiger partial charge in [-0.3, -0.25) is 9.80 Å². The van der Waals surface area contributed by atoms with E-state index in [1.54, 1.807) is 5.57 Å². The van der Waals surface area contributed by atoms with Crippen LogP contribution in [0.5, 0.6) is 0 Å². The Bertz CT molecular complexity index is 294. The molecule has 1 atom stereocenters. The SMILES string of the molecule is C/C=C(\C(C)N1CCCC1)C(C)(C)N1CCCC1. The molecule has 2 heterocycles. The zero-order chi connectivity index (χ0) is 13.2. The number of rotatable bonds is 4. The smallest absolute Gasteiger partial charge is 0.0379 e. The lowest BCUT2D eigenvalue weighted by Gasteiger charge is -2.42. The van der Waals surface area contributed by atoms with Crippen LogP contribution < -0.4 is 0 Å². The molecule has 104 valence electrons. The topological polar surface area (TPSA) is 6.48 Å². The number of allylic oxidation sites excluding steroid dienone is 1. The van der Waals surface area contributed by atoms with Gasteiger partial charge in [-0.05, 0) is 85.1 Å². The largest absolute Gasteiger partial charge is 0.297 e. The monoisotopic (exact) mass is 250 g/mol. The molecule has 2 nitrogen and oxygen atoms in total. The van der Waals surface area contributed by atoms with E-state index < -0.39 is 0 Å². The molecule has 0 aromatic carbocycles. The second-order valence-corrected chi connectivity index (χ2v) is 6.42. The summed E-state index contributed by atoms with van der Waals surface area (Å²) in [5.41, 5.74) is 1.85. The summed E-state index contributed by atoms with van der Waals surface area (Å²) in [4.78, 5) is 5.34. The van der Waals surface area contributed by atoms with Crippen LogP contribution >= 0.6 is 0 Å². The second-order valence-electron chi connectivity index (χ2n) is 6.42. The van der Waals surface area contributed by atoms with Crippen molar-refractivity contribution in [3.8, 4) is 0 Å². The Morgan fingerprint density at radius 2 is 1.50 bits per heavy atom. The van der Waals surface area contributed by atoms with Crippen LogP contribution in [0.4, 0.5) is 0 Å². The molecule has 2 saturated heterocycles. The molecule has 0 bridgehead atoms. The van der Waals surface area contributed by atoms with E-state index in [4.69, 9.17) is 0 Å². The average Bonchev–Trinajstić information content (AvgIpc) is 3.03. The lowest BCUT2D eigenvalue weighted by Crippen LogP contribution is -2.49. The summed E-state index contributed by atoms with van der Waals surface area (Å²) in [5.74, 6) is 0. The zero-order valence-corrected chi connectivity index (χ0v) is 12.7. The van der Waals surface area contributed by atoms with Crippen molar-refractivity contribution in [3.63, 3.8) is 0 Å². The molecule has 0 spiro atoms. The van der Waals surface area contributed by atoms with Gasteiger partial charge in [0.05, 0.1) is 0 Å². The van der Waals surface area contributed by atoms with Crippen LogP contribution in [0.1, 0.15) is 53.4 Å². The summed E-state index contributed by atoms with van der Waals surface area (Å²) < 4.78 is 0. The molecule has 0 radical (unpaired) electrons. The third-order valence-corrected chi connectivity index (χ3v) is 5.05. The number of likely N-dealkylation sites (tertiary alicyclic amines) is 2. The molecule has 0 amide bonds. The van der Waals surface area contributed by atoms with Gasteiger partial charge in [0.1, 0.15) is 0 Å². The molecular weight excluding hydrogens is 220 g/mol. The summed E-state index contributed by atoms with van der Waals surface area (Å²) >= 11 is 0. The Balaban J connectivity index is 2.11. The fraction of sp³-hybridized carbons (Fsp3) is 0.875. The first-order valence-electron chi connectivity index (χ1n) is 7.73. The molecule has 2 aliphatic heterocycles. The van der Waals surface area contributed by atoms with Crippen LogP contribution in [0, 0.1) is 0 Å². The lowest BCUT2D eigenvalue weighted by molar-refractivity contribution is 0.161. The van der Waals surface area contributed by atoms with Crippen molar-refractivity contribution in [2.24, 2.45) is 0 Å². The normalized spacial score (nSPS) is 25.9. The highest BCUT2D eigenvalue weighted by molar-refractivity contribution is 5.23. The molecular formula is C16H30N2. The van der Waals surface area contributed by atoms with Gasteiger partial charge in [-0.1, -0.05) is 6.08 Å². The summed E-state index contributed by atoms with van der Waals surface area (Å²) in [6, 6.07) is 0.605. The molecule has 2 heteroatoms. The Morgan fingerprint density at radius 1 is 1.00 bits per heavy atom. The lowest BCUT2D eigenvalue weighted by atomic mass is 9.86. The van der Waals surface area contributed by atoms with Gasteiger partial charge in [-0.2, -0.15) is 0 Å². The maximum Gasteiger partial charge on any atom is 0.0379 e. The van der Waals surface area contributed by atoms with E-state index >= 15 is 0 Å². The quantitative estimate of drug-likeness (QED) is 0.706. The van der Waals surface area contributed by atoms with Crippen molar-refractivity contribution in [3.05, 3.63) is 11.6 Å². The Kier molecular flexibility index (Phi) is 4.50. The zero-order valence-electron chi connectivity index (χ0n) is 12.7. The van der Waals surface area contributed by atoms with Gasteiger partial charge in [0, 0.05) is 11.6 Å². The summed E-state index contributed by atoms with van der Waals surface area (Å²) in [7, 11) is 0. The van der Waals surface area contributed by atoms with E-state index in [1.165, 1.54) is 51.9 Å². The first-order valence-corrected chi connectivity index (χ1v) is 7.73. The van der Waals surface area contributed by atoms with Gasteiger partial charge in [-0.15, -0.1) is 0 Å². The summed E-state index contributed by atoms with van der Waals surface area (Å²) in [6.07, 6.45) is 7.88. The molecule has 0 saturated carbocycles. The third-order valence-electron chi connectivity index (χ3n) is 5.05. The summed E-state index contributed by atoms with van der Waals surface area (Å²) in [6.45, 7) is 14.6. The van der Waals surface area contributed by atoms with Gasteiger partial charge in [0.25, 0.3) is 0 Å². The standard InChI is InChI=1S/C16H30N2/c1-5-15(14(2)17-10-6-7-11-17)16(3,4)18-12-8-9-13-18/h5,14H,6-13H2,1-4H3/b15-5+. The van der Waals surface area contributed by atoms with E-state index in [0.717, 1.165) is 0 Å². The van der Waals surface area contributed by atoms with Crippen LogP contribution in [0.2, 0.25) is 0 Å². The van der Waals surface area contributed by atoms with Crippen molar-refractivity contribution < 1.29 is 0 Å². The highest BCUT2D eigenvalue weighted by Crippen LogP contribution is 2.32. The minimum Gasteiger partial charge on any atom is -0.297 e. The molecule has 0 N–H and O–H groups in total. The van der Waals surface area contributed by atoms with Crippen molar-refractivity contribution in [2.75, 3.05) is 26.2 Å². The van der Waals surface area contributed by atoms with E-state index in [9.17, 15) is 0 Å². The fourth-order valence-corrected chi connectivity index (χ4v) is 3.89. The Morgan fingerprint density at radius 3 is 2.00 bits per heavy atom. The van der Waals surface area contributed by atoms with Gasteiger partial charge < -0.3 is 0 Å². The molecule has 18 heavy (non-hydrogen) atoms. The average molecular weight is 250 g/mol. The molecule has 0 aromatic rings. The van der Waals surface area contributed by atoms with Crippen LogP contribution in [0.15, 0.2) is 11.6 Å². The molecule has 2 fully saturated rings. The molecule has 0 aromatic heterocycles. The first-order chi connectivity index (χ1) is 8.57. The van der Waals surface area contributed by atoms with Gasteiger partial charge in [0.15, 0.2) is 0 Å². The summed E-state index contributed by atoms with van der Waals surface area (Å²) in [5, 5.41) is 0. The van der Waals surface area contributed by atoms with Crippen LogP contribution in [0.3, 0.4) is 0 Å². The molecule has 0 aliphatic carbocycles. The first kappa shape index (κ1) is 14.1. The number of nitrogens with zero attached hydrogens (tertiary/aromatic N) is 2. The van der Waals surface area contributed by atoms with Crippen LogP contribution in [0.25, 0.3) is 0 Å². The predicted molar refractivity (Wildman–Crippen MR) is 78.9 cm³/mol. The predicted octanol–water partition coefficient (Wildman–Crippen LogP) is 3.29. The minimum atomic E-state index is 0.229. The maximum atomic E-state index is 2.68. The van der Waals surface area contributed by atoms with Gasteiger partial charge >= 0.3 is 0 Å². The third kappa shape index (κ3) is 2.65. The van der Waals surface area contributed by atoms with E-state index in [0.29, 0.717) is 6.04 Å². The Hall–Kier alpha value is -0.340. The number of hydrogen-bond donors (Lipinski definition) is 0. The highest BCUT2D eigenvalue weighted by Gasteiger charge is 2.36. The maximum absolute atomic E-state index is 2.68. The number of hydrogen-bond acceptors (Lipinski definition) is 2. The Labute approximate surface area is 113 Å². The van der Waals surface area contributed by atoms with Crippen molar-refractivity contribution in [2.45, 2.75) is 65.0 Å². The van der Waals surface area contributed by atoms with E-state index in [2.05, 4.69) is 43.6 Å². The molecule has 2 aliphatic rings. The van der Waals surface area contributed by atoms with Crippen molar-refractivity contribution >= 4 is 0 Å². The highest BCUT2D eigenvalue weighted by atomic mass is 15.2. The second kappa shape index (κ2) is 5.75. The molecule has 1 unspecified atom stereocenters. The van der Waals surface area contributed by atoms with Crippen molar-refractivity contribution in [1.29, 1.82) is 0 Å². The van der Waals surface area contributed by atoms with Gasteiger partial charge in [0.2, 0.25) is 0 Å². The fourth-order valence-electron chi connectivity index (χ4n) is 3.89. The van der Waals surface area contributed by atoms with E-state index in [1.807, 2.05) is 0 Å². The van der Waals surface area contributed by atoms with Crippen LogP contribution in [-0.4, -0.2) is 47.6 Å². The van der Waals surface area contributed by atoms with Gasteiger partial charge in [-0.25, -0.2) is 0 Å². The van der Waals surface area contributed by atoms with Crippen LogP contribution in [-0.2, 0) is 0 Å². The minimum absolute atomic E-state index is 0.229. The molecule has 2 rings (SSSR count).